The lowest BCUT2D eigenvalue weighted by molar-refractivity contribution is 0.411. The van der Waals surface area contributed by atoms with Crippen LogP contribution >= 0.6 is 0 Å². The highest BCUT2D eigenvalue weighted by atomic mass is 16.3. The number of rotatable bonds is 4. The molecule has 0 spiro atoms. The highest BCUT2D eigenvalue weighted by molar-refractivity contribution is 6.18. The Morgan fingerprint density at radius 1 is 0.471 bits per heavy atom. The Kier molecular flexibility index (Phi) is 6.05. The minimum absolute atomic E-state index is 0.245. The van der Waals surface area contributed by atoms with Crippen LogP contribution in [0.4, 0.5) is 0 Å². The van der Waals surface area contributed by atoms with Crippen molar-refractivity contribution in [2.45, 2.75) is 12.3 Å². The van der Waals surface area contributed by atoms with E-state index in [0.717, 1.165) is 99.5 Å². The van der Waals surface area contributed by atoms with Gasteiger partial charge in [-0.25, -0.2) is 4.99 Å². The lowest BCUT2D eigenvalue weighted by Crippen LogP contribution is -2.45. The lowest BCUT2D eigenvalue weighted by Gasteiger charge is -2.32. The number of furan rings is 3. The number of benzene rings is 7. The molecule has 7 aromatic carbocycles. The normalized spacial score (nSPS) is 16.4. The van der Waals surface area contributed by atoms with E-state index in [1.807, 2.05) is 42.5 Å². The van der Waals surface area contributed by atoms with Crippen LogP contribution < -0.4 is 10.6 Å². The fraction of sp³-hybridized carbons (Fsp3) is 0.0444. The molecule has 51 heavy (non-hydrogen) atoms. The molecule has 6 heteroatoms. The summed E-state index contributed by atoms with van der Waals surface area (Å²) in [6.07, 6.45) is -0.524. The van der Waals surface area contributed by atoms with Gasteiger partial charge in [0.15, 0.2) is 0 Å². The van der Waals surface area contributed by atoms with Gasteiger partial charge in [0.1, 0.15) is 51.7 Å². The standard InChI is InChI=1S/C45H29N3O3/c1-2-11-26(12-3-1)43-46-44(48-45(47-43)33-18-10-22-39-41(33)32-14-5-7-20-36(32)49-39)27-23-24-37-34(25-27)40-29(15-9-21-38(40)50-37)31-17-8-16-30-28-13-4-6-19-35(28)51-42(30)31/h1-25,43,45,47H,(H,46,48). The van der Waals surface area contributed by atoms with Gasteiger partial charge in [0, 0.05) is 49.0 Å². The summed E-state index contributed by atoms with van der Waals surface area (Å²) >= 11 is 0. The number of nitrogens with zero attached hydrogens (tertiary/aromatic N) is 1. The third-order valence-corrected chi connectivity index (χ3v) is 10.2. The number of hydrogen-bond acceptors (Lipinski definition) is 6. The topological polar surface area (TPSA) is 75.8 Å². The second-order valence-electron chi connectivity index (χ2n) is 13.1. The fourth-order valence-electron chi connectivity index (χ4n) is 7.87. The average molecular weight is 660 g/mol. The number of hydrogen-bond donors (Lipinski definition) is 2. The molecule has 6 nitrogen and oxygen atoms in total. The van der Waals surface area contributed by atoms with Gasteiger partial charge < -0.3 is 18.6 Å². The molecule has 0 aliphatic carbocycles. The molecule has 0 radical (unpaired) electrons. The summed E-state index contributed by atoms with van der Waals surface area (Å²) in [6, 6.07) is 52.0. The molecule has 2 unspecified atom stereocenters. The van der Waals surface area contributed by atoms with Crippen LogP contribution in [-0.4, -0.2) is 5.84 Å². The van der Waals surface area contributed by atoms with Gasteiger partial charge in [0.2, 0.25) is 0 Å². The zero-order valence-electron chi connectivity index (χ0n) is 27.3. The molecule has 2 atom stereocenters. The van der Waals surface area contributed by atoms with Gasteiger partial charge in [-0.2, -0.15) is 0 Å². The molecule has 3 aromatic heterocycles. The summed E-state index contributed by atoms with van der Waals surface area (Å²) in [5, 5.41) is 14.0. The van der Waals surface area contributed by atoms with Gasteiger partial charge in [0.25, 0.3) is 0 Å². The number of amidine groups is 1. The Bertz CT molecular complexity index is 3000. The molecule has 2 N–H and O–H groups in total. The zero-order chi connectivity index (χ0) is 33.5. The van der Waals surface area contributed by atoms with Crippen LogP contribution in [0.25, 0.3) is 76.9 Å². The Morgan fingerprint density at radius 2 is 1.12 bits per heavy atom. The highest BCUT2D eigenvalue weighted by Crippen LogP contribution is 2.42. The van der Waals surface area contributed by atoms with Crippen molar-refractivity contribution in [2.24, 2.45) is 4.99 Å². The first kappa shape index (κ1) is 28.2. The number of fused-ring (bicyclic) bond motifs is 9. The third kappa shape index (κ3) is 4.37. The van der Waals surface area contributed by atoms with Gasteiger partial charge in [-0.15, -0.1) is 0 Å². The molecule has 11 rings (SSSR count). The largest absolute Gasteiger partial charge is 0.456 e. The Hall–Kier alpha value is -6.63. The van der Waals surface area contributed by atoms with Crippen molar-refractivity contribution >= 4 is 71.7 Å². The zero-order valence-corrected chi connectivity index (χ0v) is 27.3. The van der Waals surface area contributed by atoms with Crippen LogP contribution in [0.3, 0.4) is 0 Å². The Labute approximate surface area is 291 Å². The molecule has 10 aromatic rings. The van der Waals surface area contributed by atoms with E-state index in [1.165, 1.54) is 0 Å². The molecule has 0 fully saturated rings. The molecule has 4 heterocycles. The van der Waals surface area contributed by atoms with Crippen LogP contribution in [0.15, 0.2) is 170 Å². The summed E-state index contributed by atoms with van der Waals surface area (Å²) in [4.78, 5) is 5.27. The third-order valence-electron chi connectivity index (χ3n) is 10.2. The van der Waals surface area contributed by atoms with E-state index in [0.29, 0.717) is 0 Å². The van der Waals surface area contributed by atoms with Gasteiger partial charge in [0.05, 0.1) is 0 Å². The number of aliphatic imine (C=N–C) groups is 1. The fourth-order valence-corrected chi connectivity index (χ4v) is 7.87. The molecule has 0 saturated carbocycles. The highest BCUT2D eigenvalue weighted by Gasteiger charge is 2.28. The second kappa shape index (κ2) is 10.9. The molecular formula is C45H29N3O3. The van der Waals surface area contributed by atoms with Crippen LogP contribution in [-0.2, 0) is 0 Å². The van der Waals surface area contributed by atoms with E-state index in [1.54, 1.807) is 0 Å². The minimum atomic E-state index is -0.279. The second-order valence-corrected chi connectivity index (χ2v) is 13.1. The van der Waals surface area contributed by atoms with Gasteiger partial charge in [-0.1, -0.05) is 109 Å². The molecule has 0 saturated heterocycles. The van der Waals surface area contributed by atoms with Crippen molar-refractivity contribution < 1.29 is 13.3 Å². The van der Waals surface area contributed by atoms with Gasteiger partial charge in [-0.05, 0) is 53.6 Å². The average Bonchev–Trinajstić information content (AvgIpc) is 3.89. The van der Waals surface area contributed by atoms with Gasteiger partial charge >= 0.3 is 0 Å². The van der Waals surface area contributed by atoms with Crippen molar-refractivity contribution in [2.75, 3.05) is 0 Å². The van der Waals surface area contributed by atoms with Crippen molar-refractivity contribution in [1.82, 2.24) is 10.6 Å². The van der Waals surface area contributed by atoms with Gasteiger partial charge in [-0.3, -0.25) is 5.32 Å². The number of nitrogens with one attached hydrogen (secondary N) is 2. The molecular weight excluding hydrogens is 631 g/mol. The van der Waals surface area contributed by atoms with Crippen LogP contribution in [0.2, 0.25) is 0 Å². The minimum Gasteiger partial charge on any atom is -0.456 e. The first-order valence-electron chi connectivity index (χ1n) is 17.2. The maximum absolute atomic E-state index is 6.48. The molecule has 1 aliphatic rings. The SMILES string of the molecule is c1ccc(C2N=C(c3ccc4oc5cccc(-c6cccc7c6oc6ccccc67)c5c4c3)NC(c3cccc4oc5ccccc5c34)N2)cc1. The van der Waals surface area contributed by atoms with Crippen LogP contribution in [0.1, 0.15) is 29.0 Å². The number of para-hydroxylation sites is 3. The molecule has 0 amide bonds. The maximum Gasteiger partial charge on any atom is 0.143 e. The first-order chi connectivity index (χ1) is 25.3. The van der Waals surface area contributed by atoms with Crippen molar-refractivity contribution in [3.63, 3.8) is 0 Å². The van der Waals surface area contributed by atoms with E-state index in [2.05, 4.69) is 120 Å². The smallest absolute Gasteiger partial charge is 0.143 e. The monoisotopic (exact) mass is 659 g/mol. The molecule has 0 bridgehead atoms. The maximum atomic E-state index is 6.48. The van der Waals surface area contributed by atoms with E-state index in [4.69, 9.17) is 18.2 Å². The summed E-state index contributed by atoms with van der Waals surface area (Å²) in [6.45, 7) is 0. The predicted molar refractivity (Wildman–Crippen MR) is 205 cm³/mol. The summed E-state index contributed by atoms with van der Waals surface area (Å²) in [7, 11) is 0. The van der Waals surface area contributed by atoms with Crippen molar-refractivity contribution in [1.29, 1.82) is 0 Å². The van der Waals surface area contributed by atoms with Crippen molar-refractivity contribution in [3.05, 3.63) is 168 Å². The Balaban J connectivity index is 1.09. The predicted octanol–water partition coefficient (Wildman–Crippen LogP) is 11.4. The summed E-state index contributed by atoms with van der Waals surface area (Å²) in [5.41, 5.74) is 10.4. The van der Waals surface area contributed by atoms with E-state index < -0.39 is 0 Å². The van der Waals surface area contributed by atoms with Crippen LogP contribution in [0.5, 0.6) is 0 Å². The lowest BCUT2D eigenvalue weighted by atomic mass is 9.96. The van der Waals surface area contributed by atoms with Crippen LogP contribution in [0, 0.1) is 0 Å². The summed E-state index contributed by atoms with van der Waals surface area (Å²) < 4.78 is 19.2. The van der Waals surface area contributed by atoms with E-state index in [9.17, 15) is 0 Å². The Morgan fingerprint density at radius 3 is 1.98 bits per heavy atom. The van der Waals surface area contributed by atoms with E-state index >= 15 is 0 Å². The summed E-state index contributed by atoms with van der Waals surface area (Å²) in [5.74, 6) is 0.797. The van der Waals surface area contributed by atoms with E-state index in [-0.39, 0.29) is 12.3 Å². The van der Waals surface area contributed by atoms with Crippen molar-refractivity contribution in [3.8, 4) is 11.1 Å². The first-order valence-corrected chi connectivity index (χ1v) is 17.2. The quantitative estimate of drug-likeness (QED) is 0.197. The molecule has 242 valence electrons. The molecule has 1 aliphatic heterocycles.